The van der Waals surface area contributed by atoms with Crippen molar-refractivity contribution in [1.29, 1.82) is 0 Å². The monoisotopic (exact) mass is 260 g/mol. The zero-order valence-corrected chi connectivity index (χ0v) is 10.9. The Labute approximate surface area is 109 Å². The summed E-state index contributed by atoms with van der Waals surface area (Å²) in [6, 6.07) is 0. The van der Waals surface area contributed by atoms with E-state index >= 15 is 0 Å². The number of hydrogen-bond acceptors (Lipinski definition) is 3. The maximum Gasteiger partial charge on any atom is 0.253 e. The first-order valence-electron chi connectivity index (χ1n) is 6.05. The Hall–Kier alpha value is -0.580. The molecule has 2 fully saturated rings. The van der Waals surface area contributed by atoms with Gasteiger partial charge in [-0.1, -0.05) is 6.08 Å². The van der Waals surface area contributed by atoms with Crippen LogP contribution < -0.4 is 5.32 Å². The minimum atomic E-state index is -0.269. The van der Waals surface area contributed by atoms with Crippen molar-refractivity contribution in [3.63, 3.8) is 0 Å². The Kier molecular flexibility index (Phi) is 5.95. The zero-order valence-electron chi connectivity index (χ0n) is 10.1. The van der Waals surface area contributed by atoms with Crippen LogP contribution in [-0.2, 0) is 9.53 Å². The lowest BCUT2D eigenvalue weighted by Crippen LogP contribution is -2.51. The number of hydrogen-bond donors (Lipinski definition) is 1. The van der Waals surface area contributed by atoms with Gasteiger partial charge in [-0.3, -0.25) is 4.79 Å². The highest BCUT2D eigenvalue weighted by atomic mass is 35.5. The molecule has 98 valence electrons. The molecule has 5 heteroatoms. The van der Waals surface area contributed by atoms with E-state index in [1.165, 1.54) is 0 Å². The average Bonchev–Trinajstić information content (AvgIpc) is 2.39. The van der Waals surface area contributed by atoms with E-state index in [4.69, 9.17) is 4.74 Å². The van der Waals surface area contributed by atoms with E-state index in [0.717, 1.165) is 32.5 Å². The number of piperidine rings is 1. The van der Waals surface area contributed by atoms with Gasteiger partial charge in [0, 0.05) is 26.2 Å². The minimum Gasteiger partial charge on any atom is -0.366 e. The van der Waals surface area contributed by atoms with Crippen molar-refractivity contribution >= 4 is 18.3 Å². The number of nitrogens with zero attached hydrogens (tertiary/aromatic N) is 1. The molecule has 2 aliphatic heterocycles. The molecule has 1 unspecified atom stereocenters. The van der Waals surface area contributed by atoms with E-state index in [9.17, 15) is 4.79 Å². The van der Waals surface area contributed by atoms with Crippen LogP contribution in [0.4, 0.5) is 0 Å². The predicted octanol–water partition coefficient (Wildman–Crippen LogP) is 0.821. The van der Waals surface area contributed by atoms with Crippen LogP contribution in [0.5, 0.6) is 0 Å². The number of ether oxygens (including phenoxy) is 1. The number of morpholine rings is 1. The topological polar surface area (TPSA) is 41.6 Å². The van der Waals surface area contributed by atoms with Crippen LogP contribution in [0.2, 0.25) is 0 Å². The molecule has 2 heterocycles. The largest absolute Gasteiger partial charge is 0.366 e. The summed E-state index contributed by atoms with van der Waals surface area (Å²) in [5, 5.41) is 3.19. The van der Waals surface area contributed by atoms with Gasteiger partial charge in [-0.05, 0) is 18.8 Å². The standard InChI is InChI=1S/C12H20N2O2.ClH/c1-2-10-3-6-14(7-4-10)12(15)11-9-13-5-8-16-11;/h2,10-11,13H,1,3-9H2;1H. The third-order valence-corrected chi connectivity index (χ3v) is 3.39. The van der Waals surface area contributed by atoms with Gasteiger partial charge in [0.15, 0.2) is 0 Å². The van der Waals surface area contributed by atoms with Crippen molar-refractivity contribution < 1.29 is 9.53 Å². The van der Waals surface area contributed by atoms with E-state index in [2.05, 4.69) is 11.9 Å². The van der Waals surface area contributed by atoms with Gasteiger partial charge >= 0.3 is 0 Å². The summed E-state index contributed by atoms with van der Waals surface area (Å²) in [6.45, 7) is 7.63. The molecule has 1 N–H and O–H groups in total. The molecule has 0 saturated carbocycles. The molecule has 2 saturated heterocycles. The fourth-order valence-electron chi connectivity index (χ4n) is 2.28. The van der Waals surface area contributed by atoms with E-state index in [1.807, 2.05) is 11.0 Å². The Bertz CT molecular complexity index is 259. The first kappa shape index (κ1) is 14.5. The van der Waals surface area contributed by atoms with Crippen LogP contribution in [-0.4, -0.2) is 49.7 Å². The Morgan fingerprint density at radius 2 is 2.12 bits per heavy atom. The van der Waals surface area contributed by atoms with E-state index < -0.39 is 0 Å². The van der Waals surface area contributed by atoms with Crippen molar-refractivity contribution in [2.75, 3.05) is 32.8 Å². The highest BCUT2D eigenvalue weighted by Gasteiger charge is 2.29. The molecule has 2 rings (SSSR count). The fraction of sp³-hybridized carbons (Fsp3) is 0.750. The molecule has 0 aromatic rings. The second-order valence-electron chi connectivity index (χ2n) is 4.46. The predicted molar refractivity (Wildman–Crippen MR) is 69.4 cm³/mol. The molecule has 0 aliphatic carbocycles. The van der Waals surface area contributed by atoms with Crippen LogP contribution in [0.25, 0.3) is 0 Å². The number of allylic oxidation sites excluding steroid dienone is 1. The summed E-state index contributed by atoms with van der Waals surface area (Å²) < 4.78 is 5.47. The maximum absolute atomic E-state index is 12.1. The summed E-state index contributed by atoms with van der Waals surface area (Å²) in [4.78, 5) is 14.0. The normalized spacial score (nSPS) is 26.1. The molecular formula is C12H21ClN2O2. The van der Waals surface area contributed by atoms with E-state index in [0.29, 0.717) is 19.1 Å². The summed E-state index contributed by atoms with van der Waals surface area (Å²) in [5.74, 6) is 0.726. The first-order chi connectivity index (χ1) is 7.81. The van der Waals surface area contributed by atoms with E-state index in [1.54, 1.807) is 0 Å². The maximum atomic E-state index is 12.1. The van der Waals surface area contributed by atoms with E-state index in [-0.39, 0.29) is 24.4 Å². The molecular weight excluding hydrogens is 240 g/mol. The number of halogens is 1. The summed E-state index contributed by atoms with van der Waals surface area (Å²) in [5.41, 5.74) is 0. The van der Waals surface area contributed by atoms with Crippen molar-refractivity contribution in [2.45, 2.75) is 18.9 Å². The summed E-state index contributed by atoms with van der Waals surface area (Å²) in [6.07, 6.45) is 3.81. The molecule has 2 aliphatic rings. The fourth-order valence-corrected chi connectivity index (χ4v) is 2.28. The average molecular weight is 261 g/mol. The molecule has 0 radical (unpaired) electrons. The van der Waals surface area contributed by atoms with Crippen LogP contribution in [0.15, 0.2) is 12.7 Å². The van der Waals surface area contributed by atoms with Gasteiger partial charge in [0.05, 0.1) is 6.61 Å². The van der Waals surface area contributed by atoms with Crippen LogP contribution in [0.1, 0.15) is 12.8 Å². The summed E-state index contributed by atoms with van der Waals surface area (Å²) >= 11 is 0. The van der Waals surface area contributed by atoms with Gasteiger partial charge in [-0.15, -0.1) is 19.0 Å². The Morgan fingerprint density at radius 3 is 2.65 bits per heavy atom. The molecule has 1 amide bonds. The van der Waals surface area contributed by atoms with Gasteiger partial charge in [-0.25, -0.2) is 0 Å². The lowest BCUT2D eigenvalue weighted by atomic mass is 9.97. The molecule has 4 nitrogen and oxygen atoms in total. The van der Waals surface area contributed by atoms with Crippen molar-refractivity contribution in [2.24, 2.45) is 5.92 Å². The Morgan fingerprint density at radius 1 is 1.41 bits per heavy atom. The molecule has 1 atom stereocenters. The molecule has 0 aromatic heterocycles. The SMILES string of the molecule is C=CC1CCN(C(=O)C2CNCCO2)CC1.Cl. The van der Waals surface area contributed by atoms with Gasteiger partial charge in [0.2, 0.25) is 0 Å². The van der Waals surface area contributed by atoms with Gasteiger partial charge in [0.1, 0.15) is 6.10 Å². The first-order valence-corrected chi connectivity index (χ1v) is 6.05. The molecule has 17 heavy (non-hydrogen) atoms. The number of likely N-dealkylation sites (tertiary alicyclic amines) is 1. The Balaban J connectivity index is 0.00000144. The molecule has 0 aromatic carbocycles. The smallest absolute Gasteiger partial charge is 0.253 e. The number of rotatable bonds is 2. The number of amides is 1. The number of nitrogens with one attached hydrogen (secondary N) is 1. The molecule has 0 spiro atoms. The second-order valence-corrected chi connectivity index (χ2v) is 4.46. The molecule has 0 bridgehead atoms. The van der Waals surface area contributed by atoms with Gasteiger partial charge < -0.3 is 15.0 Å². The number of carbonyl (C=O) groups is 1. The van der Waals surface area contributed by atoms with Gasteiger partial charge in [0.25, 0.3) is 5.91 Å². The van der Waals surface area contributed by atoms with Crippen LogP contribution in [0, 0.1) is 5.92 Å². The lowest BCUT2D eigenvalue weighted by molar-refractivity contribution is -0.146. The lowest BCUT2D eigenvalue weighted by Gasteiger charge is -2.34. The second kappa shape index (κ2) is 6.99. The summed E-state index contributed by atoms with van der Waals surface area (Å²) in [7, 11) is 0. The third kappa shape index (κ3) is 3.69. The van der Waals surface area contributed by atoms with Crippen LogP contribution >= 0.6 is 12.4 Å². The minimum absolute atomic E-state index is 0. The van der Waals surface area contributed by atoms with Gasteiger partial charge in [-0.2, -0.15) is 0 Å². The zero-order chi connectivity index (χ0) is 11.4. The van der Waals surface area contributed by atoms with Crippen molar-refractivity contribution in [3.05, 3.63) is 12.7 Å². The quantitative estimate of drug-likeness (QED) is 0.748. The van der Waals surface area contributed by atoms with Crippen molar-refractivity contribution in [1.82, 2.24) is 10.2 Å². The van der Waals surface area contributed by atoms with Crippen molar-refractivity contribution in [3.8, 4) is 0 Å². The highest BCUT2D eigenvalue weighted by Crippen LogP contribution is 2.18. The third-order valence-electron chi connectivity index (χ3n) is 3.39. The highest BCUT2D eigenvalue weighted by molar-refractivity contribution is 5.85. The van der Waals surface area contributed by atoms with Crippen LogP contribution in [0.3, 0.4) is 0 Å². The number of carbonyl (C=O) groups excluding carboxylic acids is 1.